The van der Waals surface area contributed by atoms with Crippen LogP contribution in [0.3, 0.4) is 0 Å². The number of alkyl halides is 6. The second-order valence-electron chi connectivity index (χ2n) is 4.02. The first-order valence-electron chi connectivity index (χ1n) is 5.67. The van der Waals surface area contributed by atoms with Crippen LogP contribution in [-0.4, -0.2) is 35.7 Å². The van der Waals surface area contributed by atoms with Crippen LogP contribution in [0.1, 0.15) is 15.9 Å². The highest BCUT2D eigenvalue weighted by Crippen LogP contribution is 2.32. The Hall–Kier alpha value is -0.700. The maximum atomic E-state index is 12.7. The third-order valence-electron chi connectivity index (χ3n) is 2.52. The second kappa shape index (κ2) is 7.53. The van der Waals surface area contributed by atoms with Gasteiger partial charge in [0.15, 0.2) is 0 Å². The molecule has 0 bridgehead atoms. The van der Waals surface area contributed by atoms with Crippen LogP contribution < -0.4 is 0 Å². The average Bonchev–Trinajstić information content (AvgIpc) is 2.36. The summed E-state index contributed by atoms with van der Waals surface area (Å²) < 4.78 is 63.0. The van der Waals surface area contributed by atoms with Gasteiger partial charge in [0, 0.05) is 16.3 Å². The normalized spacial score (nSPS) is 11.8. The number of benzene rings is 1. The molecule has 0 atom stereocenters. The largest absolute Gasteiger partial charge is 0.416 e. The van der Waals surface area contributed by atoms with Crippen LogP contribution in [0.5, 0.6) is 0 Å². The molecule has 0 aliphatic rings. The number of hydrogen-bond acceptors (Lipinski definition) is 1. The minimum atomic E-state index is -4.61. The number of rotatable bonds is 5. The van der Waals surface area contributed by atoms with Crippen LogP contribution in [0.2, 0.25) is 0 Å². The minimum Gasteiger partial charge on any atom is -0.332 e. The highest BCUT2D eigenvalue weighted by molar-refractivity contribution is 9.10. The summed E-state index contributed by atoms with van der Waals surface area (Å²) in [5.74, 6) is -0.882. The molecular weight excluding hydrogens is 429 g/mol. The maximum Gasteiger partial charge on any atom is 0.416 e. The van der Waals surface area contributed by atoms with Crippen LogP contribution in [0.4, 0.5) is 22.0 Å². The molecule has 0 saturated carbocycles. The van der Waals surface area contributed by atoms with E-state index >= 15 is 0 Å². The van der Waals surface area contributed by atoms with Crippen molar-refractivity contribution in [3.05, 3.63) is 33.8 Å². The topological polar surface area (TPSA) is 20.3 Å². The second-order valence-corrected chi connectivity index (χ2v) is 5.67. The Labute approximate surface area is 134 Å². The van der Waals surface area contributed by atoms with Crippen LogP contribution >= 0.6 is 31.9 Å². The van der Waals surface area contributed by atoms with Gasteiger partial charge < -0.3 is 4.90 Å². The Bertz CT molecular complexity index is 507. The van der Waals surface area contributed by atoms with E-state index in [1.165, 1.54) is 0 Å². The first-order chi connectivity index (χ1) is 9.66. The van der Waals surface area contributed by atoms with Crippen LogP contribution in [-0.2, 0) is 6.18 Å². The molecule has 118 valence electrons. The lowest BCUT2D eigenvalue weighted by molar-refractivity contribution is -0.137. The molecule has 0 aromatic heterocycles. The van der Waals surface area contributed by atoms with Crippen molar-refractivity contribution < 1.29 is 26.7 Å². The molecule has 0 N–H and O–H groups in total. The van der Waals surface area contributed by atoms with E-state index < -0.39 is 30.6 Å². The molecular formula is C12H10Br2F5NO. The standard InChI is InChI=1S/C12H10Br2F5NO/c13-3-4-20(6-10(15)16)11(21)8-5-7(12(17,18)19)1-2-9(8)14/h1-2,5,10H,3-4,6H2. The van der Waals surface area contributed by atoms with E-state index in [1.807, 2.05) is 0 Å². The van der Waals surface area contributed by atoms with Gasteiger partial charge in [-0.2, -0.15) is 13.2 Å². The van der Waals surface area contributed by atoms with Crippen molar-refractivity contribution in [3.8, 4) is 0 Å². The summed E-state index contributed by atoms with van der Waals surface area (Å²) in [5.41, 5.74) is -1.31. The highest BCUT2D eigenvalue weighted by atomic mass is 79.9. The van der Waals surface area contributed by atoms with Crippen molar-refractivity contribution in [2.24, 2.45) is 0 Å². The Morgan fingerprint density at radius 2 is 1.90 bits per heavy atom. The van der Waals surface area contributed by atoms with Crippen LogP contribution in [0, 0.1) is 0 Å². The van der Waals surface area contributed by atoms with Crippen molar-refractivity contribution in [1.29, 1.82) is 0 Å². The fraction of sp³-hybridized carbons (Fsp3) is 0.417. The summed E-state index contributed by atoms with van der Waals surface area (Å²) in [4.78, 5) is 12.9. The molecule has 21 heavy (non-hydrogen) atoms. The predicted octanol–water partition coefficient (Wildman–Crippen LogP) is 4.57. The summed E-state index contributed by atoms with van der Waals surface area (Å²) in [6, 6.07) is 2.53. The zero-order chi connectivity index (χ0) is 16.2. The van der Waals surface area contributed by atoms with Crippen LogP contribution in [0.25, 0.3) is 0 Å². The van der Waals surface area contributed by atoms with Gasteiger partial charge in [0.2, 0.25) is 0 Å². The Morgan fingerprint density at radius 3 is 2.38 bits per heavy atom. The average molecular weight is 439 g/mol. The lowest BCUT2D eigenvalue weighted by Gasteiger charge is -2.22. The number of nitrogens with zero attached hydrogens (tertiary/aromatic N) is 1. The monoisotopic (exact) mass is 437 g/mol. The quantitative estimate of drug-likeness (QED) is 0.487. The SMILES string of the molecule is O=C(c1cc(C(F)(F)F)ccc1Br)N(CCBr)CC(F)F. The Morgan fingerprint density at radius 1 is 1.29 bits per heavy atom. The van der Waals surface area contributed by atoms with Crippen LogP contribution in [0.15, 0.2) is 22.7 Å². The molecule has 0 spiro atoms. The molecule has 0 aliphatic heterocycles. The molecule has 0 heterocycles. The van der Waals surface area contributed by atoms with Crippen molar-refractivity contribution in [3.63, 3.8) is 0 Å². The van der Waals surface area contributed by atoms with Crippen molar-refractivity contribution in [2.75, 3.05) is 18.4 Å². The van der Waals surface area contributed by atoms with Gasteiger partial charge in [-0.25, -0.2) is 8.78 Å². The van der Waals surface area contributed by atoms with Gasteiger partial charge in [-0.05, 0) is 34.1 Å². The molecule has 9 heteroatoms. The van der Waals surface area contributed by atoms with Gasteiger partial charge >= 0.3 is 6.18 Å². The molecule has 0 fully saturated rings. The number of halogens is 7. The first kappa shape index (κ1) is 18.3. The highest BCUT2D eigenvalue weighted by Gasteiger charge is 2.32. The van der Waals surface area contributed by atoms with Crippen molar-refractivity contribution in [1.82, 2.24) is 4.90 Å². The van der Waals surface area contributed by atoms with Crippen molar-refractivity contribution in [2.45, 2.75) is 12.6 Å². The fourth-order valence-electron chi connectivity index (χ4n) is 1.58. The van der Waals surface area contributed by atoms with Gasteiger partial charge in [-0.1, -0.05) is 15.9 Å². The summed E-state index contributed by atoms with van der Waals surface area (Å²) in [6.07, 6.45) is -7.38. The van der Waals surface area contributed by atoms with E-state index in [4.69, 9.17) is 0 Å². The van der Waals surface area contributed by atoms with E-state index in [0.29, 0.717) is 6.07 Å². The van der Waals surface area contributed by atoms with Crippen molar-refractivity contribution >= 4 is 37.8 Å². The van der Waals surface area contributed by atoms with E-state index in [0.717, 1.165) is 17.0 Å². The third-order valence-corrected chi connectivity index (χ3v) is 3.57. The molecule has 0 saturated heterocycles. The molecule has 1 aromatic rings. The smallest absolute Gasteiger partial charge is 0.332 e. The number of carbonyl (C=O) groups is 1. The molecule has 2 nitrogen and oxygen atoms in total. The minimum absolute atomic E-state index is 0.0359. The lowest BCUT2D eigenvalue weighted by Crippen LogP contribution is -2.36. The molecule has 1 amide bonds. The van der Waals surface area contributed by atoms with Gasteiger partial charge in [0.1, 0.15) is 0 Å². The predicted molar refractivity (Wildman–Crippen MR) is 74.8 cm³/mol. The first-order valence-corrected chi connectivity index (χ1v) is 7.58. The summed E-state index contributed by atoms with van der Waals surface area (Å²) in [7, 11) is 0. The lowest BCUT2D eigenvalue weighted by atomic mass is 10.1. The summed E-state index contributed by atoms with van der Waals surface area (Å²) >= 11 is 5.98. The van der Waals surface area contributed by atoms with E-state index in [2.05, 4.69) is 31.9 Å². The third kappa shape index (κ3) is 5.21. The summed E-state index contributed by atoms with van der Waals surface area (Å²) in [5, 5.41) is 0.238. The van der Waals surface area contributed by atoms with Gasteiger partial charge in [-0.3, -0.25) is 4.79 Å². The summed E-state index contributed by atoms with van der Waals surface area (Å²) in [6.45, 7) is -0.876. The number of amides is 1. The van der Waals surface area contributed by atoms with E-state index in [1.54, 1.807) is 0 Å². The van der Waals surface area contributed by atoms with Gasteiger partial charge in [0.25, 0.3) is 12.3 Å². The van der Waals surface area contributed by atoms with E-state index in [-0.39, 0.29) is 21.9 Å². The number of hydrogen-bond donors (Lipinski definition) is 0. The Kier molecular flexibility index (Phi) is 6.58. The molecule has 0 radical (unpaired) electrons. The Balaban J connectivity index is 3.14. The number of carbonyl (C=O) groups excluding carboxylic acids is 1. The van der Waals surface area contributed by atoms with Gasteiger partial charge in [-0.15, -0.1) is 0 Å². The van der Waals surface area contributed by atoms with E-state index in [9.17, 15) is 26.7 Å². The molecule has 1 aromatic carbocycles. The zero-order valence-corrected chi connectivity index (χ0v) is 13.6. The molecule has 0 aliphatic carbocycles. The van der Waals surface area contributed by atoms with Gasteiger partial charge in [0.05, 0.1) is 17.7 Å². The zero-order valence-electron chi connectivity index (χ0n) is 10.4. The fourth-order valence-corrected chi connectivity index (χ4v) is 2.42. The molecule has 0 unspecified atom stereocenters. The molecule has 1 rings (SSSR count). The maximum absolute atomic E-state index is 12.7.